The van der Waals surface area contributed by atoms with Crippen LogP contribution in [0.2, 0.25) is 0 Å². The van der Waals surface area contributed by atoms with E-state index in [-0.39, 0.29) is 22.1 Å². The van der Waals surface area contributed by atoms with E-state index in [0.29, 0.717) is 18.8 Å². The number of amides is 2. The van der Waals surface area contributed by atoms with Crippen LogP contribution in [0.15, 0.2) is 71.6 Å². The molecule has 2 N–H and O–H groups in total. The Morgan fingerprint density at radius 2 is 1.61 bits per heavy atom. The molecule has 9 heteroatoms. The maximum absolute atomic E-state index is 13.7. The van der Waals surface area contributed by atoms with E-state index in [1.807, 2.05) is 26.8 Å². The van der Waals surface area contributed by atoms with Crippen LogP contribution in [0.1, 0.15) is 27.0 Å². The molecule has 0 aliphatic rings. The van der Waals surface area contributed by atoms with Gasteiger partial charge in [-0.15, -0.1) is 0 Å². The number of aryl methyl sites for hydroxylation is 2. The zero-order valence-corrected chi connectivity index (χ0v) is 21.7. The van der Waals surface area contributed by atoms with Gasteiger partial charge in [0.2, 0.25) is 5.91 Å². The maximum atomic E-state index is 13.7. The number of nitrogens with zero attached hydrogens (tertiary/aromatic N) is 1. The third kappa shape index (κ3) is 6.30. The Morgan fingerprint density at radius 1 is 0.917 bits per heavy atom. The summed E-state index contributed by atoms with van der Waals surface area (Å²) in [4.78, 5) is 25.9. The third-order valence-corrected chi connectivity index (χ3v) is 7.55. The number of para-hydroxylation sites is 1. The van der Waals surface area contributed by atoms with E-state index in [1.165, 1.54) is 19.2 Å². The molecule has 0 fully saturated rings. The third-order valence-electron chi connectivity index (χ3n) is 5.78. The highest BCUT2D eigenvalue weighted by Crippen LogP contribution is 2.29. The lowest BCUT2D eigenvalue weighted by molar-refractivity contribution is -0.114. The molecule has 0 heterocycles. The second kappa shape index (κ2) is 11.8. The Balaban J connectivity index is 1.93. The number of ether oxygens (including phenoxy) is 1. The number of anilines is 2. The molecule has 3 aromatic carbocycles. The fourth-order valence-electron chi connectivity index (χ4n) is 3.62. The summed E-state index contributed by atoms with van der Waals surface area (Å²) in [7, 11) is -2.53. The van der Waals surface area contributed by atoms with Crippen molar-refractivity contribution in [2.45, 2.75) is 25.7 Å². The van der Waals surface area contributed by atoms with Gasteiger partial charge in [0.1, 0.15) is 6.54 Å². The van der Waals surface area contributed by atoms with E-state index in [2.05, 4.69) is 10.6 Å². The second-order valence-corrected chi connectivity index (χ2v) is 10.2. The van der Waals surface area contributed by atoms with Crippen LogP contribution >= 0.6 is 0 Å². The molecule has 0 aromatic heterocycles. The molecular formula is C27H31N3O5S. The summed E-state index contributed by atoms with van der Waals surface area (Å²) in [6, 6.07) is 18.4. The molecule has 0 spiro atoms. The van der Waals surface area contributed by atoms with Crippen LogP contribution in [-0.4, -0.2) is 47.0 Å². The molecule has 190 valence electrons. The van der Waals surface area contributed by atoms with Gasteiger partial charge in [-0.05, 0) is 62.2 Å². The number of hydrogen-bond donors (Lipinski definition) is 2. The van der Waals surface area contributed by atoms with Gasteiger partial charge < -0.3 is 15.4 Å². The Labute approximate surface area is 212 Å². The van der Waals surface area contributed by atoms with Crippen LogP contribution in [0.4, 0.5) is 11.4 Å². The van der Waals surface area contributed by atoms with E-state index >= 15 is 0 Å². The Kier molecular flexibility index (Phi) is 8.84. The first-order valence-corrected chi connectivity index (χ1v) is 12.9. The highest BCUT2D eigenvalue weighted by atomic mass is 32.2. The number of sulfonamides is 1. The summed E-state index contributed by atoms with van der Waals surface area (Å²) in [6.45, 7) is 5.76. The van der Waals surface area contributed by atoms with E-state index in [9.17, 15) is 18.0 Å². The van der Waals surface area contributed by atoms with Crippen LogP contribution < -0.4 is 14.9 Å². The van der Waals surface area contributed by atoms with Crippen molar-refractivity contribution in [3.05, 3.63) is 89.0 Å². The van der Waals surface area contributed by atoms with Gasteiger partial charge in [-0.2, -0.15) is 0 Å². The molecule has 3 aromatic rings. The van der Waals surface area contributed by atoms with E-state index in [4.69, 9.17) is 4.74 Å². The van der Waals surface area contributed by atoms with Gasteiger partial charge in [-0.3, -0.25) is 13.9 Å². The minimum absolute atomic E-state index is 0.0831. The molecule has 3 rings (SSSR count). The summed E-state index contributed by atoms with van der Waals surface area (Å²) in [6.07, 6.45) is 0. The average molecular weight is 510 g/mol. The largest absolute Gasteiger partial charge is 0.383 e. The normalized spacial score (nSPS) is 11.1. The van der Waals surface area contributed by atoms with Gasteiger partial charge in [0.05, 0.1) is 28.4 Å². The molecule has 0 saturated heterocycles. The summed E-state index contributed by atoms with van der Waals surface area (Å²) in [5.41, 5.74) is 3.53. The molecule has 0 atom stereocenters. The highest BCUT2D eigenvalue weighted by Gasteiger charge is 2.29. The van der Waals surface area contributed by atoms with Crippen LogP contribution in [0.3, 0.4) is 0 Å². The standard InChI is InChI=1S/C27H31N3O5S/c1-19-12-14-22(15-13-19)36(33,34)30(25-11-7-8-20(2)21(25)3)18-26(31)29-24-10-6-5-9-23(24)27(32)28-16-17-35-4/h5-15H,16-18H2,1-4H3,(H,28,32)(H,29,31). The monoisotopic (exact) mass is 509 g/mol. The Morgan fingerprint density at radius 3 is 2.31 bits per heavy atom. The quantitative estimate of drug-likeness (QED) is 0.404. The molecule has 0 radical (unpaired) electrons. The first-order valence-electron chi connectivity index (χ1n) is 11.5. The summed E-state index contributed by atoms with van der Waals surface area (Å²) < 4.78 is 33.4. The second-order valence-electron chi connectivity index (χ2n) is 8.39. The predicted octanol–water partition coefficient (Wildman–Crippen LogP) is 3.82. The number of methoxy groups -OCH3 is 1. The van der Waals surface area contributed by atoms with Crippen molar-refractivity contribution < 1.29 is 22.7 Å². The van der Waals surface area contributed by atoms with Gasteiger partial charge in [-0.25, -0.2) is 8.42 Å². The average Bonchev–Trinajstić information content (AvgIpc) is 2.85. The number of benzene rings is 3. The van der Waals surface area contributed by atoms with Gasteiger partial charge in [-0.1, -0.05) is 42.0 Å². The number of nitrogens with one attached hydrogen (secondary N) is 2. The predicted molar refractivity (Wildman–Crippen MR) is 141 cm³/mol. The van der Waals surface area contributed by atoms with Crippen LogP contribution in [0.5, 0.6) is 0 Å². The maximum Gasteiger partial charge on any atom is 0.264 e. The fourth-order valence-corrected chi connectivity index (χ4v) is 5.09. The number of carbonyl (C=O) groups excluding carboxylic acids is 2. The molecule has 0 saturated carbocycles. The van der Waals surface area contributed by atoms with Gasteiger partial charge >= 0.3 is 0 Å². The van der Waals surface area contributed by atoms with Gasteiger partial charge in [0.25, 0.3) is 15.9 Å². The van der Waals surface area contributed by atoms with Crippen molar-refractivity contribution in [2.24, 2.45) is 0 Å². The molecule has 36 heavy (non-hydrogen) atoms. The SMILES string of the molecule is COCCNC(=O)c1ccccc1NC(=O)CN(c1cccc(C)c1C)S(=O)(=O)c1ccc(C)cc1. The van der Waals surface area contributed by atoms with Crippen LogP contribution in [0, 0.1) is 20.8 Å². The minimum atomic E-state index is -4.06. The van der Waals surface area contributed by atoms with Crippen molar-refractivity contribution in [2.75, 3.05) is 36.4 Å². The smallest absolute Gasteiger partial charge is 0.264 e. The van der Waals surface area contributed by atoms with Gasteiger partial charge in [0, 0.05) is 13.7 Å². The van der Waals surface area contributed by atoms with E-state index in [0.717, 1.165) is 21.0 Å². The molecule has 0 aliphatic heterocycles. The lowest BCUT2D eigenvalue weighted by Gasteiger charge is -2.26. The van der Waals surface area contributed by atoms with Crippen molar-refractivity contribution in [3.8, 4) is 0 Å². The molecule has 2 amide bonds. The van der Waals surface area contributed by atoms with Crippen LogP contribution in [-0.2, 0) is 19.6 Å². The summed E-state index contributed by atoms with van der Waals surface area (Å²) >= 11 is 0. The van der Waals surface area contributed by atoms with Crippen molar-refractivity contribution >= 4 is 33.2 Å². The van der Waals surface area contributed by atoms with E-state index in [1.54, 1.807) is 48.5 Å². The van der Waals surface area contributed by atoms with Crippen LogP contribution in [0.25, 0.3) is 0 Å². The first kappa shape index (κ1) is 26.9. The van der Waals surface area contributed by atoms with E-state index < -0.39 is 22.5 Å². The van der Waals surface area contributed by atoms with Crippen molar-refractivity contribution in [3.63, 3.8) is 0 Å². The summed E-state index contributed by atoms with van der Waals surface area (Å²) in [5, 5.41) is 5.43. The summed E-state index contributed by atoms with van der Waals surface area (Å²) in [5.74, 6) is -0.953. The molecule has 0 bridgehead atoms. The zero-order chi connectivity index (χ0) is 26.3. The molecule has 0 aliphatic carbocycles. The van der Waals surface area contributed by atoms with Gasteiger partial charge in [0.15, 0.2) is 0 Å². The lowest BCUT2D eigenvalue weighted by atomic mass is 10.1. The lowest BCUT2D eigenvalue weighted by Crippen LogP contribution is -2.39. The highest BCUT2D eigenvalue weighted by molar-refractivity contribution is 7.92. The molecule has 8 nitrogen and oxygen atoms in total. The van der Waals surface area contributed by atoms with Crippen molar-refractivity contribution in [1.82, 2.24) is 5.32 Å². The zero-order valence-electron chi connectivity index (χ0n) is 20.9. The minimum Gasteiger partial charge on any atom is -0.383 e. The molecule has 0 unspecified atom stereocenters. The first-order chi connectivity index (χ1) is 17.1. The number of carbonyl (C=O) groups is 2. The molecular weight excluding hydrogens is 478 g/mol. The topological polar surface area (TPSA) is 105 Å². The Hall–Kier alpha value is -3.69. The number of hydrogen-bond acceptors (Lipinski definition) is 5. The fraction of sp³-hybridized carbons (Fsp3) is 0.259. The Bertz CT molecular complexity index is 1340. The van der Waals surface area contributed by atoms with Crippen molar-refractivity contribution in [1.29, 1.82) is 0 Å². The number of rotatable bonds is 10.